The van der Waals surface area contributed by atoms with E-state index in [1.807, 2.05) is 0 Å². The second kappa shape index (κ2) is 6.40. The Kier molecular flexibility index (Phi) is 4.59. The molecule has 1 aromatic carbocycles. The van der Waals surface area contributed by atoms with E-state index in [1.54, 1.807) is 18.2 Å². The average Bonchev–Trinajstić information content (AvgIpc) is 2.45. The summed E-state index contributed by atoms with van der Waals surface area (Å²) in [5.41, 5.74) is 6.69. The number of carbonyl (C=O) groups excluding carboxylic acids is 1. The maximum absolute atomic E-state index is 12.1. The van der Waals surface area contributed by atoms with Gasteiger partial charge < -0.3 is 25.8 Å². The van der Waals surface area contributed by atoms with Gasteiger partial charge in [0, 0.05) is 31.4 Å². The van der Waals surface area contributed by atoms with Crippen molar-refractivity contribution in [3.8, 4) is 5.75 Å². The van der Waals surface area contributed by atoms with Crippen LogP contribution in [0.5, 0.6) is 5.75 Å². The topological polar surface area (TPSA) is 85.6 Å². The summed E-state index contributed by atoms with van der Waals surface area (Å²) in [6, 6.07) is 4.97. The zero-order chi connectivity index (χ0) is 13.7. The molecule has 0 radical (unpaired) electrons. The highest BCUT2D eigenvalue weighted by atomic mass is 16.5. The van der Waals surface area contributed by atoms with Gasteiger partial charge in [-0.15, -0.1) is 0 Å². The number of nitrogen functional groups attached to an aromatic ring is 1. The summed E-state index contributed by atoms with van der Waals surface area (Å²) in [6.45, 7) is 2.75. The highest BCUT2D eigenvalue weighted by Crippen LogP contribution is 2.21. The van der Waals surface area contributed by atoms with Crippen molar-refractivity contribution < 1.29 is 14.3 Å². The van der Waals surface area contributed by atoms with Crippen molar-refractivity contribution in [2.24, 2.45) is 0 Å². The molecule has 4 N–H and O–H groups in total. The van der Waals surface area contributed by atoms with Crippen molar-refractivity contribution in [3.63, 3.8) is 0 Å². The minimum atomic E-state index is -0.189. The number of hydrogen-bond donors (Lipinski definition) is 3. The van der Waals surface area contributed by atoms with Crippen molar-refractivity contribution in [2.45, 2.75) is 6.10 Å². The Balaban J connectivity index is 1.95. The Bertz CT molecular complexity index is 445. The fourth-order valence-electron chi connectivity index (χ4n) is 1.95. The van der Waals surface area contributed by atoms with Gasteiger partial charge in [-0.05, 0) is 12.1 Å². The first-order chi connectivity index (χ1) is 9.20. The Morgan fingerprint density at radius 3 is 3.16 bits per heavy atom. The lowest BCUT2D eigenvalue weighted by Gasteiger charge is -2.23. The molecule has 1 aliphatic rings. The molecular formula is C13H19N3O3. The molecule has 19 heavy (non-hydrogen) atoms. The van der Waals surface area contributed by atoms with Gasteiger partial charge in [0.15, 0.2) is 0 Å². The smallest absolute Gasteiger partial charge is 0.255 e. The van der Waals surface area contributed by atoms with E-state index in [4.69, 9.17) is 15.2 Å². The molecule has 6 nitrogen and oxygen atoms in total. The van der Waals surface area contributed by atoms with Crippen LogP contribution in [0.1, 0.15) is 10.4 Å². The predicted octanol–water partition coefficient (Wildman–Crippen LogP) is -0.00440. The van der Waals surface area contributed by atoms with Crippen LogP contribution in [0.3, 0.4) is 0 Å². The third-order valence-electron chi connectivity index (χ3n) is 2.96. The van der Waals surface area contributed by atoms with Gasteiger partial charge >= 0.3 is 0 Å². The first kappa shape index (κ1) is 13.6. The lowest BCUT2D eigenvalue weighted by Crippen LogP contribution is -2.45. The van der Waals surface area contributed by atoms with E-state index < -0.39 is 0 Å². The SMILES string of the molecule is COc1cc(N)ccc1C(=O)NCC1CNCCO1. The molecule has 0 spiro atoms. The van der Waals surface area contributed by atoms with Gasteiger partial charge in [-0.25, -0.2) is 0 Å². The predicted molar refractivity (Wildman–Crippen MR) is 72.3 cm³/mol. The van der Waals surface area contributed by atoms with Crippen LogP contribution in [-0.4, -0.2) is 45.4 Å². The quantitative estimate of drug-likeness (QED) is 0.667. The molecule has 0 saturated carbocycles. The molecule has 1 aromatic rings. The summed E-state index contributed by atoms with van der Waals surface area (Å²) in [6.07, 6.45) is 0.0116. The number of hydrogen-bond acceptors (Lipinski definition) is 5. The Labute approximate surface area is 112 Å². The van der Waals surface area contributed by atoms with Gasteiger partial charge in [0.25, 0.3) is 5.91 Å². The van der Waals surface area contributed by atoms with Gasteiger partial charge in [-0.3, -0.25) is 4.79 Å². The number of morpholine rings is 1. The summed E-state index contributed by atoms with van der Waals surface area (Å²) < 4.78 is 10.7. The molecule has 6 heteroatoms. The number of amides is 1. The van der Waals surface area contributed by atoms with Crippen LogP contribution in [0.4, 0.5) is 5.69 Å². The number of carbonyl (C=O) groups is 1. The molecule has 0 bridgehead atoms. The summed E-state index contributed by atoms with van der Waals surface area (Å²) in [4.78, 5) is 12.1. The second-order valence-electron chi connectivity index (χ2n) is 4.37. The number of rotatable bonds is 4. The zero-order valence-corrected chi connectivity index (χ0v) is 10.9. The van der Waals surface area contributed by atoms with E-state index in [0.717, 1.165) is 13.1 Å². The molecule has 2 rings (SSSR count). The van der Waals surface area contributed by atoms with Crippen LogP contribution in [-0.2, 0) is 4.74 Å². The van der Waals surface area contributed by atoms with Gasteiger partial charge in [-0.1, -0.05) is 0 Å². The van der Waals surface area contributed by atoms with Crippen molar-refractivity contribution in [2.75, 3.05) is 39.1 Å². The van der Waals surface area contributed by atoms with Crippen LogP contribution in [0.2, 0.25) is 0 Å². The molecule has 0 aromatic heterocycles. The molecule has 1 unspecified atom stereocenters. The highest BCUT2D eigenvalue weighted by Gasteiger charge is 2.17. The average molecular weight is 265 g/mol. The number of anilines is 1. The fourth-order valence-corrected chi connectivity index (χ4v) is 1.95. The first-order valence-corrected chi connectivity index (χ1v) is 6.24. The molecule has 1 atom stereocenters. The molecule has 1 saturated heterocycles. The molecular weight excluding hydrogens is 246 g/mol. The molecule has 1 amide bonds. The maximum Gasteiger partial charge on any atom is 0.255 e. The van der Waals surface area contributed by atoms with E-state index in [9.17, 15) is 4.79 Å². The normalized spacial score (nSPS) is 18.9. The number of benzene rings is 1. The minimum Gasteiger partial charge on any atom is -0.496 e. The van der Waals surface area contributed by atoms with E-state index in [2.05, 4.69) is 10.6 Å². The van der Waals surface area contributed by atoms with Crippen LogP contribution in [0.15, 0.2) is 18.2 Å². The Morgan fingerprint density at radius 2 is 2.47 bits per heavy atom. The third kappa shape index (κ3) is 3.59. The summed E-state index contributed by atoms with van der Waals surface area (Å²) in [5, 5.41) is 6.05. The highest BCUT2D eigenvalue weighted by molar-refractivity contribution is 5.97. The standard InChI is InChI=1S/C13H19N3O3/c1-18-12-6-9(14)2-3-11(12)13(17)16-8-10-7-15-4-5-19-10/h2-3,6,10,15H,4-5,7-8,14H2,1H3,(H,16,17). The Morgan fingerprint density at radius 1 is 1.63 bits per heavy atom. The zero-order valence-electron chi connectivity index (χ0n) is 10.9. The molecule has 0 aliphatic carbocycles. The molecule has 1 heterocycles. The molecule has 104 valence electrons. The van der Waals surface area contributed by atoms with Crippen LogP contribution in [0, 0.1) is 0 Å². The van der Waals surface area contributed by atoms with E-state index >= 15 is 0 Å². The number of ether oxygens (including phenoxy) is 2. The van der Waals surface area contributed by atoms with Gasteiger partial charge in [0.05, 0.1) is 25.4 Å². The largest absolute Gasteiger partial charge is 0.496 e. The van der Waals surface area contributed by atoms with E-state index in [1.165, 1.54) is 7.11 Å². The summed E-state index contributed by atoms with van der Waals surface area (Å²) in [5.74, 6) is 0.284. The van der Waals surface area contributed by atoms with Crippen LogP contribution >= 0.6 is 0 Å². The van der Waals surface area contributed by atoms with Gasteiger partial charge in [-0.2, -0.15) is 0 Å². The minimum absolute atomic E-state index is 0.0116. The molecule has 1 aliphatic heterocycles. The van der Waals surface area contributed by atoms with Crippen LogP contribution < -0.4 is 21.1 Å². The first-order valence-electron chi connectivity index (χ1n) is 6.24. The number of nitrogens with one attached hydrogen (secondary N) is 2. The molecule has 1 fully saturated rings. The maximum atomic E-state index is 12.1. The fraction of sp³-hybridized carbons (Fsp3) is 0.462. The number of methoxy groups -OCH3 is 1. The third-order valence-corrected chi connectivity index (χ3v) is 2.96. The van der Waals surface area contributed by atoms with E-state index in [-0.39, 0.29) is 12.0 Å². The monoisotopic (exact) mass is 265 g/mol. The van der Waals surface area contributed by atoms with E-state index in [0.29, 0.717) is 30.2 Å². The second-order valence-corrected chi connectivity index (χ2v) is 4.37. The Hall–Kier alpha value is -1.79. The summed E-state index contributed by atoms with van der Waals surface area (Å²) >= 11 is 0. The lowest BCUT2D eigenvalue weighted by atomic mass is 10.1. The summed E-state index contributed by atoms with van der Waals surface area (Å²) in [7, 11) is 1.51. The lowest BCUT2D eigenvalue weighted by molar-refractivity contribution is 0.0287. The van der Waals surface area contributed by atoms with Gasteiger partial charge in [0.1, 0.15) is 5.75 Å². The number of nitrogens with two attached hydrogens (primary N) is 1. The van der Waals surface area contributed by atoms with Crippen molar-refractivity contribution in [3.05, 3.63) is 23.8 Å². The van der Waals surface area contributed by atoms with Gasteiger partial charge in [0.2, 0.25) is 0 Å². The van der Waals surface area contributed by atoms with Crippen LogP contribution in [0.25, 0.3) is 0 Å². The van der Waals surface area contributed by atoms with Crippen molar-refractivity contribution in [1.29, 1.82) is 0 Å². The van der Waals surface area contributed by atoms with Crippen molar-refractivity contribution in [1.82, 2.24) is 10.6 Å². The van der Waals surface area contributed by atoms with Crippen molar-refractivity contribution >= 4 is 11.6 Å².